The van der Waals surface area contributed by atoms with Crippen molar-refractivity contribution in [2.45, 2.75) is 24.3 Å². The normalized spacial score (nSPS) is 15.4. The molecule has 2 aromatic carbocycles. The van der Waals surface area contributed by atoms with E-state index in [1.807, 2.05) is 0 Å². The Balaban J connectivity index is 1.79. The van der Waals surface area contributed by atoms with Gasteiger partial charge in [-0.15, -0.1) is 4.40 Å². The number of halogens is 1. The fourth-order valence-electron chi connectivity index (χ4n) is 2.76. The highest BCUT2D eigenvalue weighted by atomic mass is 32.2. The molecule has 1 aliphatic heterocycles. The van der Waals surface area contributed by atoms with E-state index in [0.717, 1.165) is 0 Å². The number of hydrogen-bond acceptors (Lipinski definition) is 4. The minimum atomic E-state index is -3.84. The average molecular weight is 389 g/mol. The number of nitrogens with zero attached hydrogens (tertiary/aromatic N) is 1. The number of fused-ring (bicyclic) bond motifs is 1. The summed E-state index contributed by atoms with van der Waals surface area (Å²) in [5, 5.41) is 5.11. The summed E-state index contributed by atoms with van der Waals surface area (Å²) < 4.78 is 40.8. The molecule has 0 fully saturated rings. The van der Waals surface area contributed by atoms with Gasteiger partial charge in [0.25, 0.3) is 10.0 Å². The van der Waals surface area contributed by atoms with Crippen LogP contribution in [0, 0.1) is 5.82 Å². The molecule has 1 aliphatic rings. The summed E-state index contributed by atoms with van der Waals surface area (Å²) in [4.78, 5) is 23.9. The molecule has 0 radical (unpaired) electrons. The molecular weight excluding hydrogens is 373 g/mol. The van der Waals surface area contributed by atoms with E-state index in [9.17, 15) is 22.4 Å². The number of carbonyl (C=O) groups excluding carboxylic acids is 2. The lowest BCUT2D eigenvalue weighted by Gasteiger charge is -2.18. The number of nitrogens with one attached hydrogen (secondary N) is 2. The van der Waals surface area contributed by atoms with Crippen LogP contribution >= 0.6 is 0 Å². The Bertz CT molecular complexity index is 1030. The van der Waals surface area contributed by atoms with Crippen LogP contribution in [-0.4, -0.2) is 26.1 Å². The van der Waals surface area contributed by atoms with Gasteiger partial charge in [0.05, 0.1) is 12.5 Å². The van der Waals surface area contributed by atoms with Gasteiger partial charge in [0, 0.05) is 12.5 Å². The van der Waals surface area contributed by atoms with Crippen LogP contribution in [0.2, 0.25) is 0 Å². The number of sulfonamides is 1. The second-order valence-corrected chi connectivity index (χ2v) is 7.54. The predicted molar refractivity (Wildman–Crippen MR) is 95.9 cm³/mol. The zero-order valence-corrected chi connectivity index (χ0v) is 15.1. The predicted octanol–water partition coefficient (Wildman–Crippen LogP) is 1.66. The van der Waals surface area contributed by atoms with Crippen molar-refractivity contribution in [2.24, 2.45) is 4.40 Å². The Morgan fingerprint density at radius 2 is 1.78 bits per heavy atom. The summed E-state index contributed by atoms with van der Waals surface area (Å²) in [5.74, 6) is -1.39. The van der Waals surface area contributed by atoms with E-state index in [1.165, 1.54) is 37.3 Å². The van der Waals surface area contributed by atoms with Gasteiger partial charge in [-0.25, -0.2) is 4.39 Å². The first-order valence-electron chi connectivity index (χ1n) is 8.03. The third-order valence-electron chi connectivity index (χ3n) is 3.93. The van der Waals surface area contributed by atoms with Gasteiger partial charge in [-0.3, -0.25) is 9.59 Å². The highest BCUT2D eigenvalue weighted by molar-refractivity contribution is 7.90. The molecule has 2 aromatic rings. The van der Waals surface area contributed by atoms with Crippen LogP contribution in [0.5, 0.6) is 0 Å². The maximum Gasteiger partial charge on any atom is 0.285 e. The second-order valence-electron chi connectivity index (χ2n) is 5.97. The Morgan fingerprint density at radius 1 is 1.11 bits per heavy atom. The van der Waals surface area contributed by atoms with Crippen molar-refractivity contribution in [3.63, 3.8) is 0 Å². The summed E-state index contributed by atoms with van der Waals surface area (Å²) in [5.41, 5.74) is 0.854. The summed E-state index contributed by atoms with van der Waals surface area (Å²) in [6.45, 7) is 1.30. The van der Waals surface area contributed by atoms with Crippen LogP contribution in [0.1, 0.15) is 30.5 Å². The van der Waals surface area contributed by atoms with Gasteiger partial charge in [0.2, 0.25) is 11.8 Å². The zero-order chi connectivity index (χ0) is 19.6. The van der Waals surface area contributed by atoms with Crippen molar-refractivity contribution in [3.8, 4) is 0 Å². The van der Waals surface area contributed by atoms with Crippen LogP contribution in [0.3, 0.4) is 0 Å². The smallest absolute Gasteiger partial charge is 0.285 e. The van der Waals surface area contributed by atoms with Gasteiger partial charge < -0.3 is 10.6 Å². The van der Waals surface area contributed by atoms with Crippen LogP contribution in [0.4, 0.5) is 4.39 Å². The van der Waals surface area contributed by atoms with E-state index >= 15 is 0 Å². The molecule has 1 unspecified atom stereocenters. The minimum absolute atomic E-state index is 0.0252. The van der Waals surface area contributed by atoms with E-state index < -0.39 is 27.8 Å². The van der Waals surface area contributed by atoms with E-state index in [1.54, 1.807) is 18.2 Å². The lowest BCUT2D eigenvalue weighted by Crippen LogP contribution is -2.35. The number of amides is 2. The maximum absolute atomic E-state index is 13.1. The molecule has 1 heterocycles. The number of carbonyl (C=O) groups is 2. The summed E-state index contributed by atoms with van der Waals surface area (Å²) in [6.07, 6.45) is -0.174. The molecule has 7 nitrogen and oxygen atoms in total. The molecule has 2 N–H and O–H groups in total. The molecule has 140 valence electrons. The molecule has 9 heteroatoms. The Kier molecular flexibility index (Phi) is 5.04. The third-order valence-corrected chi connectivity index (χ3v) is 5.26. The molecule has 0 spiro atoms. The van der Waals surface area contributed by atoms with Crippen LogP contribution < -0.4 is 10.6 Å². The lowest BCUT2D eigenvalue weighted by atomic mass is 10.0. The molecule has 1 atom stereocenters. The van der Waals surface area contributed by atoms with Crippen molar-refractivity contribution in [2.75, 3.05) is 0 Å². The van der Waals surface area contributed by atoms with Crippen LogP contribution in [0.25, 0.3) is 0 Å². The highest BCUT2D eigenvalue weighted by Crippen LogP contribution is 2.25. The molecule has 2 amide bonds. The molecule has 3 rings (SSSR count). The van der Waals surface area contributed by atoms with Crippen molar-refractivity contribution in [1.29, 1.82) is 0 Å². The molecule has 0 bridgehead atoms. The number of hydrogen-bond donors (Lipinski definition) is 2. The summed E-state index contributed by atoms with van der Waals surface area (Å²) >= 11 is 0. The first-order valence-corrected chi connectivity index (χ1v) is 9.47. The molecular formula is C18H16FN3O4S. The Labute approximate surface area is 155 Å². The summed E-state index contributed by atoms with van der Waals surface area (Å²) in [6, 6.07) is 10.9. The molecule has 27 heavy (non-hydrogen) atoms. The van der Waals surface area contributed by atoms with Crippen molar-refractivity contribution >= 4 is 27.7 Å². The first-order chi connectivity index (χ1) is 12.8. The van der Waals surface area contributed by atoms with Gasteiger partial charge in [-0.1, -0.05) is 24.3 Å². The molecule has 0 aromatic heterocycles. The monoisotopic (exact) mass is 389 g/mol. The van der Waals surface area contributed by atoms with Crippen LogP contribution in [0.15, 0.2) is 57.8 Å². The number of rotatable bonds is 4. The fraction of sp³-hybridized carbons (Fsp3) is 0.167. The molecule has 0 saturated carbocycles. The second kappa shape index (κ2) is 7.28. The van der Waals surface area contributed by atoms with E-state index in [-0.39, 0.29) is 23.1 Å². The Morgan fingerprint density at radius 3 is 2.44 bits per heavy atom. The van der Waals surface area contributed by atoms with Crippen molar-refractivity contribution in [3.05, 3.63) is 65.5 Å². The fourth-order valence-corrected chi connectivity index (χ4v) is 3.93. The molecule has 0 saturated heterocycles. The zero-order valence-electron chi connectivity index (χ0n) is 14.3. The third kappa shape index (κ3) is 4.20. The van der Waals surface area contributed by atoms with Gasteiger partial charge in [0.15, 0.2) is 5.84 Å². The number of benzene rings is 2. The van der Waals surface area contributed by atoms with Gasteiger partial charge >= 0.3 is 0 Å². The van der Waals surface area contributed by atoms with E-state index in [4.69, 9.17) is 0 Å². The lowest BCUT2D eigenvalue weighted by molar-refractivity contribution is -0.121. The highest BCUT2D eigenvalue weighted by Gasteiger charge is 2.30. The Hall–Kier alpha value is -3.07. The topological polar surface area (TPSA) is 105 Å². The SMILES string of the molecule is CC(=O)NC(CC(=O)NC1=NS(=O)(=O)c2ccccc21)c1ccc(F)cc1. The standard InChI is InChI=1S/C18H16FN3O4S/c1-11(23)20-15(12-6-8-13(19)9-7-12)10-17(24)21-18-14-4-2-3-5-16(14)27(25,26)22-18/h2-9,15H,10H2,1H3,(H,20,23)(H,21,22,24). The maximum atomic E-state index is 13.1. The van der Waals surface area contributed by atoms with E-state index in [2.05, 4.69) is 15.0 Å². The molecule has 0 aliphatic carbocycles. The van der Waals surface area contributed by atoms with E-state index in [0.29, 0.717) is 11.1 Å². The largest absolute Gasteiger partial charge is 0.349 e. The first kappa shape index (κ1) is 18.7. The average Bonchev–Trinajstić information content (AvgIpc) is 2.85. The number of amidine groups is 1. The van der Waals surface area contributed by atoms with Crippen molar-refractivity contribution in [1.82, 2.24) is 10.6 Å². The quantitative estimate of drug-likeness (QED) is 0.830. The van der Waals surface area contributed by atoms with Crippen molar-refractivity contribution < 1.29 is 22.4 Å². The van der Waals surface area contributed by atoms with Crippen LogP contribution in [-0.2, 0) is 19.6 Å². The summed E-state index contributed by atoms with van der Waals surface area (Å²) in [7, 11) is -3.84. The minimum Gasteiger partial charge on any atom is -0.349 e. The van der Waals surface area contributed by atoms with Gasteiger partial charge in [-0.05, 0) is 29.8 Å². The van der Waals surface area contributed by atoms with Gasteiger partial charge in [-0.2, -0.15) is 8.42 Å². The van der Waals surface area contributed by atoms with Gasteiger partial charge in [0.1, 0.15) is 10.7 Å².